The molecule has 25 heavy (non-hydrogen) atoms. The lowest BCUT2D eigenvalue weighted by atomic mass is 10.2. The van der Waals surface area contributed by atoms with Gasteiger partial charge in [0, 0.05) is 29.7 Å². The van der Waals surface area contributed by atoms with Gasteiger partial charge in [-0.1, -0.05) is 42.5 Å². The van der Waals surface area contributed by atoms with Crippen LogP contribution in [-0.4, -0.2) is 30.6 Å². The summed E-state index contributed by atoms with van der Waals surface area (Å²) in [6.07, 6.45) is 4.71. The summed E-state index contributed by atoms with van der Waals surface area (Å²) in [6, 6.07) is 15.7. The summed E-state index contributed by atoms with van der Waals surface area (Å²) in [5.74, 6) is 3.10. The highest BCUT2D eigenvalue weighted by atomic mass is 32.2. The van der Waals surface area contributed by atoms with Gasteiger partial charge in [-0.15, -0.1) is 0 Å². The van der Waals surface area contributed by atoms with Crippen LogP contribution in [0.4, 0.5) is 5.69 Å². The first-order valence-electron chi connectivity index (χ1n) is 8.30. The van der Waals surface area contributed by atoms with Gasteiger partial charge in [0.1, 0.15) is 13.2 Å². The van der Waals surface area contributed by atoms with E-state index in [1.54, 1.807) is 11.8 Å². The highest BCUT2D eigenvalue weighted by molar-refractivity contribution is 7.99. The third-order valence-electron chi connectivity index (χ3n) is 3.62. The number of carbonyl (C=O) groups excluding carboxylic acids is 1. The topological polar surface area (TPSA) is 47.6 Å². The van der Waals surface area contributed by atoms with E-state index in [0.29, 0.717) is 25.4 Å². The van der Waals surface area contributed by atoms with Crippen LogP contribution in [0.2, 0.25) is 0 Å². The zero-order valence-electron chi connectivity index (χ0n) is 13.9. The third-order valence-corrected chi connectivity index (χ3v) is 4.54. The Bertz CT molecular complexity index is 731. The number of carbonyl (C=O) groups is 1. The molecule has 2 aromatic carbocycles. The lowest BCUT2D eigenvalue weighted by Crippen LogP contribution is -2.16. The molecule has 0 atom stereocenters. The molecule has 5 heteroatoms. The zero-order valence-corrected chi connectivity index (χ0v) is 14.8. The number of hydrogen-bond acceptors (Lipinski definition) is 4. The molecule has 0 aromatic heterocycles. The molecule has 1 heterocycles. The standard InChI is InChI=1S/C20H21NO3S/c22-20(10-14-25-13-4-7-16-5-2-1-3-6-16)21-17-8-9-18-19(15-17)24-12-11-23-18/h1-9,15H,10-14H2,(H,21,22)/b7-4+. The summed E-state index contributed by atoms with van der Waals surface area (Å²) < 4.78 is 11.0. The Morgan fingerprint density at radius 2 is 1.88 bits per heavy atom. The number of hydrogen-bond donors (Lipinski definition) is 1. The number of benzene rings is 2. The second-order valence-electron chi connectivity index (χ2n) is 5.54. The molecule has 1 N–H and O–H groups in total. The molecule has 1 aliphatic rings. The SMILES string of the molecule is O=C(CCSC/C=C/c1ccccc1)Nc1ccc2c(c1)OCCO2. The third kappa shape index (κ3) is 5.57. The summed E-state index contributed by atoms with van der Waals surface area (Å²) in [4.78, 5) is 12.0. The fourth-order valence-electron chi connectivity index (χ4n) is 2.41. The smallest absolute Gasteiger partial charge is 0.225 e. The van der Waals surface area contributed by atoms with E-state index in [0.717, 1.165) is 22.9 Å². The highest BCUT2D eigenvalue weighted by Crippen LogP contribution is 2.32. The maximum atomic E-state index is 12.0. The molecular formula is C20H21NO3S. The van der Waals surface area contributed by atoms with Crippen molar-refractivity contribution in [1.29, 1.82) is 0 Å². The van der Waals surface area contributed by atoms with Crippen molar-refractivity contribution in [2.75, 3.05) is 30.0 Å². The Hall–Kier alpha value is -2.40. The number of fused-ring (bicyclic) bond motifs is 1. The van der Waals surface area contributed by atoms with Crippen LogP contribution < -0.4 is 14.8 Å². The second kappa shape index (κ2) is 9.18. The molecule has 130 valence electrons. The van der Waals surface area contributed by atoms with Crippen molar-refractivity contribution in [3.8, 4) is 11.5 Å². The van der Waals surface area contributed by atoms with Crippen LogP contribution in [-0.2, 0) is 4.79 Å². The van der Waals surface area contributed by atoms with Gasteiger partial charge < -0.3 is 14.8 Å². The number of thioether (sulfide) groups is 1. The molecule has 0 spiro atoms. The first kappa shape index (κ1) is 17.4. The Morgan fingerprint density at radius 1 is 1.08 bits per heavy atom. The fraction of sp³-hybridized carbons (Fsp3) is 0.250. The van der Waals surface area contributed by atoms with E-state index in [2.05, 4.69) is 29.6 Å². The monoisotopic (exact) mass is 355 g/mol. The lowest BCUT2D eigenvalue weighted by molar-refractivity contribution is -0.115. The lowest BCUT2D eigenvalue weighted by Gasteiger charge is -2.19. The minimum absolute atomic E-state index is 0.0104. The van der Waals surface area contributed by atoms with Crippen LogP contribution in [0.25, 0.3) is 6.08 Å². The van der Waals surface area contributed by atoms with Crippen molar-refractivity contribution in [3.63, 3.8) is 0 Å². The quantitative estimate of drug-likeness (QED) is 0.755. The molecule has 1 amide bonds. The van der Waals surface area contributed by atoms with Gasteiger partial charge in [-0.25, -0.2) is 0 Å². The Kier molecular flexibility index (Phi) is 6.40. The molecule has 0 aliphatic carbocycles. The minimum Gasteiger partial charge on any atom is -0.486 e. The zero-order chi connectivity index (χ0) is 17.3. The maximum absolute atomic E-state index is 12.0. The van der Waals surface area contributed by atoms with Gasteiger partial charge in [0.2, 0.25) is 5.91 Å². The fourth-order valence-corrected chi connectivity index (χ4v) is 3.14. The van der Waals surface area contributed by atoms with Gasteiger partial charge in [-0.2, -0.15) is 11.8 Å². The van der Waals surface area contributed by atoms with Crippen molar-refractivity contribution >= 4 is 29.4 Å². The Balaban J connectivity index is 1.36. The highest BCUT2D eigenvalue weighted by Gasteiger charge is 2.12. The number of rotatable bonds is 7. The van der Waals surface area contributed by atoms with Gasteiger partial charge in [0.25, 0.3) is 0 Å². The molecule has 0 saturated carbocycles. The van der Waals surface area contributed by atoms with E-state index in [1.807, 2.05) is 36.4 Å². The van der Waals surface area contributed by atoms with Crippen molar-refractivity contribution < 1.29 is 14.3 Å². The van der Waals surface area contributed by atoms with Crippen LogP contribution in [0.5, 0.6) is 11.5 Å². The van der Waals surface area contributed by atoms with E-state index in [4.69, 9.17) is 9.47 Å². The van der Waals surface area contributed by atoms with Crippen LogP contribution in [0, 0.1) is 0 Å². The molecular weight excluding hydrogens is 334 g/mol. The van der Waals surface area contributed by atoms with Gasteiger partial charge in [-0.3, -0.25) is 4.79 Å². The van der Waals surface area contributed by atoms with E-state index in [1.165, 1.54) is 5.56 Å². The first-order chi connectivity index (χ1) is 12.3. The van der Waals surface area contributed by atoms with Crippen molar-refractivity contribution in [2.45, 2.75) is 6.42 Å². The summed E-state index contributed by atoms with van der Waals surface area (Å²) in [6.45, 7) is 1.10. The average Bonchev–Trinajstić information content (AvgIpc) is 2.65. The van der Waals surface area contributed by atoms with Gasteiger partial charge in [0.15, 0.2) is 11.5 Å². The van der Waals surface area contributed by atoms with E-state index >= 15 is 0 Å². The van der Waals surface area contributed by atoms with Crippen LogP contribution in [0.1, 0.15) is 12.0 Å². The molecule has 2 aromatic rings. The van der Waals surface area contributed by atoms with Crippen LogP contribution in [0.3, 0.4) is 0 Å². The number of nitrogens with one attached hydrogen (secondary N) is 1. The summed E-state index contributed by atoms with van der Waals surface area (Å²) in [5, 5.41) is 2.90. The number of ether oxygens (including phenoxy) is 2. The normalized spacial score (nSPS) is 13.0. The van der Waals surface area contributed by atoms with Crippen LogP contribution in [0.15, 0.2) is 54.6 Å². The van der Waals surface area contributed by atoms with E-state index in [9.17, 15) is 4.79 Å². The van der Waals surface area contributed by atoms with Gasteiger partial charge in [0.05, 0.1) is 0 Å². The molecule has 1 aliphatic heterocycles. The molecule has 4 nitrogen and oxygen atoms in total. The predicted octanol–water partition coefficient (Wildman–Crippen LogP) is 4.23. The van der Waals surface area contributed by atoms with Gasteiger partial charge >= 0.3 is 0 Å². The summed E-state index contributed by atoms with van der Waals surface area (Å²) in [7, 11) is 0. The molecule has 0 unspecified atom stereocenters. The predicted molar refractivity (Wildman–Crippen MR) is 103 cm³/mol. The van der Waals surface area contributed by atoms with E-state index in [-0.39, 0.29) is 5.91 Å². The van der Waals surface area contributed by atoms with Crippen molar-refractivity contribution in [1.82, 2.24) is 0 Å². The molecule has 0 radical (unpaired) electrons. The Labute approximate surface area is 152 Å². The minimum atomic E-state index is 0.0104. The molecule has 0 bridgehead atoms. The van der Waals surface area contributed by atoms with Crippen molar-refractivity contribution in [2.24, 2.45) is 0 Å². The maximum Gasteiger partial charge on any atom is 0.225 e. The molecule has 3 rings (SSSR count). The van der Waals surface area contributed by atoms with E-state index < -0.39 is 0 Å². The van der Waals surface area contributed by atoms with Crippen LogP contribution >= 0.6 is 11.8 Å². The van der Waals surface area contributed by atoms with Crippen molar-refractivity contribution in [3.05, 3.63) is 60.2 Å². The number of amides is 1. The van der Waals surface area contributed by atoms with Gasteiger partial charge in [-0.05, 0) is 17.7 Å². The summed E-state index contributed by atoms with van der Waals surface area (Å²) in [5.41, 5.74) is 1.93. The molecule has 0 saturated heterocycles. The summed E-state index contributed by atoms with van der Waals surface area (Å²) >= 11 is 1.74. The second-order valence-corrected chi connectivity index (χ2v) is 6.69. The molecule has 0 fully saturated rings. The number of anilines is 1. The Morgan fingerprint density at radius 3 is 2.72 bits per heavy atom. The average molecular weight is 355 g/mol. The largest absolute Gasteiger partial charge is 0.486 e. The first-order valence-corrected chi connectivity index (χ1v) is 9.45.